The summed E-state index contributed by atoms with van der Waals surface area (Å²) in [6.07, 6.45) is 1.89. The highest BCUT2D eigenvalue weighted by molar-refractivity contribution is 7.11. The van der Waals surface area contributed by atoms with Crippen molar-refractivity contribution in [3.8, 4) is 0 Å². The second-order valence-electron chi connectivity index (χ2n) is 5.91. The molecule has 0 amide bonds. The third kappa shape index (κ3) is 4.57. The van der Waals surface area contributed by atoms with E-state index in [0.29, 0.717) is 6.54 Å². The van der Waals surface area contributed by atoms with Crippen molar-refractivity contribution in [3.05, 3.63) is 45.7 Å². The molecule has 0 aliphatic rings. The molecular formula is C18H24N6S. The van der Waals surface area contributed by atoms with Gasteiger partial charge in [0.15, 0.2) is 5.96 Å². The van der Waals surface area contributed by atoms with Crippen molar-refractivity contribution in [1.82, 2.24) is 25.6 Å². The number of rotatable bonds is 6. The largest absolute Gasteiger partial charge is 0.356 e. The quantitative estimate of drug-likeness (QED) is 0.360. The highest BCUT2D eigenvalue weighted by atomic mass is 32.1. The van der Waals surface area contributed by atoms with Crippen LogP contribution in [0.3, 0.4) is 0 Å². The summed E-state index contributed by atoms with van der Waals surface area (Å²) < 4.78 is 0. The Kier molecular flexibility index (Phi) is 5.65. The van der Waals surface area contributed by atoms with Gasteiger partial charge in [-0.05, 0) is 32.4 Å². The second kappa shape index (κ2) is 8.11. The Morgan fingerprint density at radius 3 is 2.76 bits per heavy atom. The lowest BCUT2D eigenvalue weighted by atomic mass is 10.3. The zero-order valence-electron chi connectivity index (χ0n) is 14.9. The van der Waals surface area contributed by atoms with Gasteiger partial charge in [-0.25, -0.2) is 9.97 Å². The minimum atomic E-state index is 0.697. The average Bonchev–Trinajstić information content (AvgIpc) is 3.17. The van der Waals surface area contributed by atoms with Gasteiger partial charge in [0.2, 0.25) is 0 Å². The lowest BCUT2D eigenvalue weighted by Gasteiger charge is -2.10. The first kappa shape index (κ1) is 17.4. The van der Waals surface area contributed by atoms with E-state index >= 15 is 0 Å². The Labute approximate surface area is 151 Å². The lowest BCUT2D eigenvalue weighted by molar-refractivity contribution is 0.725. The van der Waals surface area contributed by atoms with Crippen molar-refractivity contribution in [3.63, 3.8) is 0 Å². The minimum absolute atomic E-state index is 0.697. The Bertz CT molecular complexity index is 811. The summed E-state index contributed by atoms with van der Waals surface area (Å²) >= 11 is 1.73. The zero-order chi connectivity index (χ0) is 17.6. The number of nitrogens with one attached hydrogen (secondary N) is 3. The van der Waals surface area contributed by atoms with Gasteiger partial charge in [0.25, 0.3) is 0 Å². The van der Waals surface area contributed by atoms with Crippen molar-refractivity contribution >= 4 is 28.3 Å². The molecule has 0 radical (unpaired) electrons. The number of para-hydroxylation sites is 2. The van der Waals surface area contributed by atoms with Crippen LogP contribution in [0.4, 0.5) is 0 Å². The summed E-state index contributed by atoms with van der Waals surface area (Å²) in [6, 6.07) is 8.11. The van der Waals surface area contributed by atoms with Crippen LogP contribution in [0, 0.1) is 13.8 Å². The van der Waals surface area contributed by atoms with Crippen LogP contribution in [0.15, 0.2) is 29.3 Å². The maximum absolute atomic E-state index is 4.60. The molecule has 0 aliphatic heterocycles. The van der Waals surface area contributed by atoms with E-state index < -0.39 is 0 Å². The number of imidazole rings is 1. The molecule has 0 saturated carbocycles. The highest BCUT2D eigenvalue weighted by Crippen LogP contribution is 2.15. The molecule has 0 atom stereocenters. The number of aromatic nitrogens is 3. The number of hydrogen-bond donors (Lipinski definition) is 3. The SMILES string of the molecule is CN=C(NCCCc1nc2ccccc2[nH]1)NCc1nc(C)c(C)s1. The first-order valence-electron chi connectivity index (χ1n) is 8.47. The molecule has 2 heterocycles. The van der Waals surface area contributed by atoms with Gasteiger partial charge in [0, 0.05) is 24.9 Å². The van der Waals surface area contributed by atoms with E-state index in [2.05, 4.69) is 43.6 Å². The molecule has 7 heteroatoms. The maximum Gasteiger partial charge on any atom is 0.191 e. The van der Waals surface area contributed by atoms with Crippen molar-refractivity contribution < 1.29 is 0 Å². The summed E-state index contributed by atoms with van der Waals surface area (Å²) in [5.74, 6) is 1.83. The van der Waals surface area contributed by atoms with Crippen molar-refractivity contribution in [2.45, 2.75) is 33.2 Å². The molecule has 3 N–H and O–H groups in total. The number of benzene rings is 1. The molecule has 0 saturated heterocycles. The van der Waals surface area contributed by atoms with Gasteiger partial charge in [-0.3, -0.25) is 4.99 Å². The normalized spacial score (nSPS) is 11.9. The van der Waals surface area contributed by atoms with Gasteiger partial charge in [-0.1, -0.05) is 12.1 Å². The maximum atomic E-state index is 4.60. The third-order valence-corrected chi connectivity index (χ3v) is 5.10. The Balaban J connectivity index is 1.42. The molecule has 0 spiro atoms. The summed E-state index contributed by atoms with van der Waals surface area (Å²) in [7, 11) is 1.78. The standard InChI is InChI=1S/C18H24N6S/c1-12-13(2)25-17(22-12)11-21-18(19-3)20-10-6-9-16-23-14-7-4-5-8-15(14)24-16/h4-5,7-8H,6,9-11H2,1-3H3,(H,23,24)(H2,19,20,21). The van der Waals surface area contributed by atoms with Gasteiger partial charge >= 0.3 is 0 Å². The first-order chi connectivity index (χ1) is 12.2. The molecule has 132 valence electrons. The van der Waals surface area contributed by atoms with Gasteiger partial charge in [0.1, 0.15) is 10.8 Å². The fraction of sp³-hybridized carbons (Fsp3) is 0.389. The lowest BCUT2D eigenvalue weighted by Crippen LogP contribution is -2.37. The monoisotopic (exact) mass is 356 g/mol. The highest BCUT2D eigenvalue weighted by Gasteiger charge is 2.05. The van der Waals surface area contributed by atoms with Crippen LogP contribution in [0.2, 0.25) is 0 Å². The number of aryl methyl sites for hydroxylation is 3. The zero-order valence-corrected chi connectivity index (χ0v) is 15.7. The van der Waals surface area contributed by atoms with Crippen molar-refractivity contribution in [2.24, 2.45) is 4.99 Å². The Morgan fingerprint density at radius 1 is 1.20 bits per heavy atom. The van der Waals surface area contributed by atoms with Gasteiger partial charge in [-0.15, -0.1) is 11.3 Å². The molecule has 2 aromatic heterocycles. The molecule has 1 aromatic carbocycles. The molecule has 25 heavy (non-hydrogen) atoms. The molecule has 3 rings (SSSR count). The van der Waals surface area contributed by atoms with E-state index in [0.717, 1.165) is 52.9 Å². The molecule has 0 unspecified atom stereocenters. The van der Waals surface area contributed by atoms with E-state index in [1.54, 1.807) is 18.4 Å². The summed E-state index contributed by atoms with van der Waals surface area (Å²) in [5.41, 5.74) is 3.23. The number of aliphatic imine (C=N–C) groups is 1. The van der Waals surface area contributed by atoms with E-state index in [-0.39, 0.29) is 0 Å². The number of nitrogens with zero attached hydrogens (tertiary/aromatic N) is 3. The minimum Gasteiger partial charge on any atom is -0.356 e. The molecule has 3 aromatic rings. The Morgan fingerprint density at radius 2 is 2.04 bits per heavy atom. The number of hydrogen-bond acceptors (Lipinski definition) is 4. The van der Waals surface area contributed by atoms with E-state index in [1.165, 1.54) is 4.88 Å². The van der Waals surface area contributed by atoms with E-state index in [1.807, 2.05) is 25.1 Å². The van der Waals surface area contributed by atoms with E-state index in [4.69, 9.17) is 0 Å². The predicted octanol–water partition coefficient (Wildman–Crippen LogP) is 2.93. The summed E-state index contributed by atoms with van der Waals surface area (Å²) in [4.78, 5) is 18.0. The fourth-order valence-electron chi connectivity index (χ4n) is 2.58. The van der Waals surface area contributed by atoms with Crippen LogP contribution in [-0.2, 0) is 13.0 Å². The van der Waals surface area contributed by atoms with Crippen molar-refractivity contribution in [2.75, 3.05) is 13.6 Å². The van der Waals surface area contributed by atoms with Crippen LogP contribution >= 0.6 is 11.3 Å². The fourth-order valence-corrected chi connectivity index (χ4v) is 3.46. The molecule has 6 nitrogen and oxygen atoms in total. The van der Waals surface area contributed by atoms with Crippen LogP contribution in [0.1, 0.15) is 27.8 Å². The van der Waals surface area contributed by atoms with Crippen LogP contribution < -0.4 is 10.6 Å². The second-order valence-corrected chi connectivity index (χ2v) is 7.19. The van der Waals surface area contributed by atoms with Crippen LogP contribution in [-0.4, -0.2) is 34.5 Å². The summed E-state index contributed by atoms with van der Waals surface area (Å²) in [6.45, 7) is 5.68. The van der Waals surface area contributed by atoms with E-state index in [9.17, 15) is 0 Å². The molecular weight excluding hydrogens is 332 g/mol. The van der Waals surface area contributed by atoms with Crippen molar-refractivity contribution in [1.29, 1.82) is 0 Å². The van der Waals surface area contributed by atoms with Gasteiger partial charge < -0.3 is 15.6 Å². The van der Waals surface area contributed by atoms with Gasteiger partial charge in [-0.2, -0.15) is 0 Å². The topological polar surface area (TPSA) is 78.0 Å². The van der Waals surface area contributed by atoms with Crippen LogP contribution in [0.25, 0.3) is 11.0 Å². The third-order valence-electron chi connectivity index (χ3n) is 4.02. The van der Waals surface area contributed by atoms with Crippen LogP contribution in [0.5, 0.6) is 0 Å². The molecule has 0 aliphatic carbocycles. The number of thiazole rings is 1. The molecule has 0 bridgehead atoms. The average molecular weight is 356 g/mol. The summed E-state index contributed by atoms with van der Waals surface area (Å²) in [5, 5.41) is 7.73. The first-order valence-corrected chi connectivity index (χ1v) is 9.28. The number of guanidine groups is 1. The molecule has 0 fully saturated rings. The number of fused-ring (bicyclic) bond motifs is 1. The number of H-pyrrole nitrogens is 1. The smallest absolute Gasteiger partial charge is 0.191 e. The predicted molar refractivity (Wildman–Crippen MR) is 104 cm³/mol. The Hall–Kier alpha value is -2.41. The number of aromatic amines is 1. The van der Waals surface area contributed by atoms with Gasteiger partial charge in [0.05, 0.1) is 23.3 Å².